The van der Waals surface area contributed by atoms with Crippen molar-refractivity contribution in [2.45, 2.75) is 25.3 Å². The summed E-state index contributed by atoms with van der Waals surface area (Å²) in [4.78, 5) is 35.4. The Balaban J connectivity index is 1.37. The number of fused-ring (bicyclic) bond motifs is 3. The number of carbonyl (C=O) groups excluding carboxylic acids is 2. The molecule has 0 spiro atoms. The fourth-order valence-corrected chi connectivity index (χ4v) is 4.05. The molecule has 3 aromatic rings. The Bertz CT molecular complexity index is 1160. The van der Waals surface area contributed by atoms with Crippen molar-refractivity contribution in [2.75, 3.05) is 11.9 Å². The van der Waals surface area contributed by atoms with Crippen LogP contribution in [0.2, 0.25) is 0 Å². The number of anilines is 1. The Kier molecular flexibility index (Phi) is 6.40. The number of amides is 2. The Morgan fingerprint density at radius 2 is 1.58 bits per heavy atom. The average molecular weight is 444 g/mol. The zero-order chi connectivity index (χ0) is 23.4. The number of hydrogen-bond acceptors (Lipinski definition) is 4. The van der Waals surface area contributed by atoms with Crippen LogP contribution in [0, 0.1) is 0 Å². The molecule has 0 bridgehead atoms. The van der Waals surface area contributed by atoms with E-state index in [0.717, 1.165) is 22.3 Å². The number of aliphatic carboxylic acids is 1. The van der Waals surface area contributed by atoms with Gasteiger partial charge in [0.25, 0.3) is 0 Å². The van der Waals surface area contributed by atoms with Crippen LogP contribution in [0.4, 0.5) is 10.5 Å². The number of rotatable bonds is 7. The second-order valence-corrected chi connectivity index (χ2v) is 7.96. The molecule has 1 aliphatic carbocycles. The molecule has 0 radical (unpaired) electrons. The van der Waals surface area contributed by atoms with Crippen LogP contribution in [0.5, 0.6) is 0 Å². The summed E-state index contributed by atoms with van der Waals surface area (Å²) in [6.45, 7) is 1.60. The zero-order valence-electron chi connectivity index (χ0n) is 18.1. The van der Waals surface area contributed by atoms with Gasteiger partial charge in [0.2, 0.25) is 5.91 Å². The molecule has 1 atom stereocenters. The van der Waals surface area contributed by atoms with E-state index in [1.54, 1.807) is 24.3 Å². The highest BCUT2D eigenvalue weighted by atomic mass is 16.5. The smallest absolute Gasteiger partial charge is 0.411 e. The number of benzene rings is 3. The van der Waals surface area contributed by atoms with E-state index in [0.29, 0.717) is 11.3 Å². The second-order valence-electron chi connectivity index (χ2n) is 7.96. The maximum absolute atomic E-state index is 12.5. The van der Waals surface area contributed by atoms with Crippen LogP contribution in [-0.2, 0) is 20.7 Å². The average Bonchev–Trinajstić information content (AvgIpc) is 3.11. The van der Waals surface area contributed by atoms with Crippen LogP contribution in [0.25, 0.3) is 11.1 Å². The number of carboxylic acid groups (broad SMARTS) is 1. The predicted molar refractivity (Wildman–Crippen MR) is 124 cm³/mol. The number of ether oxygens (including phenoxy) is 1. The van der Waals surface area contributed by atoms with Crippen LogP contribution in [0.1, 0.15) is 29.5 Å². The first-order chi connectivity index (χ1) is 15.9. The Labute approximate surface area is 191 Å². The Morgan fingerprint density at radius 3 is 2.21 bits per heavy atom. The van der Waals surface area contributed by atoms with Gasteiger partial charge in [-0.3, -0.25) is 14.9 Å². The highest BCUT2D eigenvalue weighted by Gasteiger charge is 2.29. The standard InChI is InChI=1S/C26H24N2O5/c1-16(25(30)31)27-24(29)14-17-7-6-8-18(13-17)28-26(32)33-15-23-21-11-4-2-9-19(21)20-10-3-5-12-22(20)23/h2-13,16,23H,14-15H2,1H3,(H,27,29)(H,28,32)(H,30,31)/t16-/m0/s1. The minimum atomic E-state index is -1.10. The molecule has 1 aliphatic rings. The summed E-state index contributed by atoms with van der Waals surface area (Å²) in [6, 6.07) is 22.1. The summed E-state index contributed by atoms with van der Waals surface area (Å²) < 4.78 is 5.55. The summed E-state index contributed by atoms with van der Waals surface area (Å²) in [5, 5.41) is 14.0. The van der Waals surface area contributed by atoms with E-state index >= 15 is 0 Å². The van der Waals surface area contributed by atoms with Crippen molar-refractivity contribution >= 4 is 23.7 Å². The molecule has 0 heterocycles. The molecule has 0 aromatic heterocycles. The van der Waals surface area contributed by atoms with Gasteiger partial charge >= 0.3 is 12.1 Å². The fourth-order valence-electron chi connectivity index (χ4n) is 4.05. The molecule has 0 fully saturated rings. The molecule has 2 amide bonds. The minimum absolute atomic E-state index is 0.00215. The maximum atomic E-state index is 12.5. The molecule has 3 N–H and O–H groups in total. The number of carbonyl (C=O) groups is 3. The summed E-state index contributed by atoms with van der Waals surface area (Å²) in [5.41, 5.74) is 5.71. The molecule has 3 aromatic carbocycles. The molecule has 0 aliphatic heterocycles. The van der Waals surface area contributed by atoms with E-state index in [1.807, 2.05) is 24.3 Å². The highest BCUT2D eigenvalue weighted by molar-refractivity contribution is 5.87. The summed E-state index contributed by atoms with van der Waals surface area (Å²) in [6.07, 6.45) is -0.587. The zero-order valence-corrected chi connectivity index (χ0v) is 18.1. The molecular formula is C26H24N2O5. The van der Waals surface area contributed by atoms with Gasteiger partial charge < -0.3 is 15.2 Å². The van der Waals surface area contributed by atoms with Crippen molar-refractivity contribution in [3.8, 4) is 11.1 Å². The lowest BCUT2D eigenvalue weighted by atomic mass is 9.98. The van der Waals surface area contributed by atoms with Crippen molar-refractivity contribution in [3.63, 3.8) is 0 Å². The molecular weight excluding hydrogens is 420 g/mol. The van der Waals surface area contributed by atoms with E-state index in [9.17, 15) is 14.4 Å². The third-order valence-corrected chi connectivity index (χ3v) is 5.63. The number of hydrogen-bond donors (Lipinski definition) is 3. The lowest BCUT2D eigenvalue weighted by molar-refractivity contribution is -0.141. The first-order valence-electron chi connectivity index (χ1n) is 10.7. The SMILES string of the molecule is C[C@H](NC(=O)Cc1cccc(NC(=O)OCC2c3ccccc3-c3ccccc32)c1)C(=O)O. The van der Waals surface area contributed by atoms with Gasteiger partial charge in [-0.15, -0.1) is 0 Å². The lowest BCUT2D eigenvalue weighted by Gasteiger charge is -2.15. The van der Waals surface area contributed by atoms with Gasteiger partial charge in [-0.2, -0.15) is 0 Å². The molecule has 0 saturated heterocycles. The van der Waals surface area contributed by atoms with E-state index in [2.05, 4.69) is 34.9 Å². The van der Waals surface area contributed by atoms with E-state index in [1.165, 1.54) is 6.92 Å². The Hall–Kier alpha value is -4.13. The first-order valence-corrected chi connectivity index (χ1v) is 10.7. The van der Waals surface area contributed by atoms with Gasteiger partial charge in [0.1, 0.15) is 12.6 Å². The third kappa shape index (κ3) is 5.03. The molecule has 7 nitrogen and oxygen atoms in total. The monoisotopic (exact) mass is 444 g/mol. The molecule has 4 rings (SSSR count). The predicted octanol–water partition coefficient (Wildman–Crippen LogP) is 4.18. The van der Waals surface area contributed by atoms with E-state index < -0.39 is 24.0 Å². The van der Waals surface area contributed by atoms with Crippen LogP contribution in [0.3, 0.4) is 0 Å². The second kappa shape index (κ2) is 9.56. The summed E-state index contributed by atoms with van der Waals surface area (Å²) >= 11 is 0. The quantitative estimate of drug-likeness (QED) is 0.507. The van der Waals surface area contributed by atoms with Crippen LogP contribution in [0.15, 0.2) is 72.8 Å². The van der Waals surface area contributed by atoms with Crippen LogP contribution < -0.4 is 10.6 Å². The number of carboxylic acids is 1. The molecule has 0 unspecified atom stereocenters. The highest BCUT2D eigenvalue weighted by Crippen LogP contribution is 2.44. The topological polar surface area (TPSA) is 105 Å². The molecule has 0 saturated carbocycles. The van der Waals surface area contributed by atoms with Gasteiger partial charge in [0.05, 0.1) is 6.42 Å². The fraction of sp³-hybridized carbons (Fsp3) is 0.192. The molecule has 168 valence electrons. The molecule has 7 heteroatoms. The largest absolute Gasteiger partial charge is 0.480 e. The van der Waals surface area contributed by atoms with Crippen molar-refractivity contribution in [1.29, 1.82) is 0 Å². The lowest BCUT2D eigenvalue weighted by Crippen LogP contribution is -2.39. The maximum Gasteiger partial charge on any atom is 0.411 e. The van der Waals surface area contributed by atoms with Gasteiger partial charge in [-0.25, -0.2) is 4.79 Å². The van der Waals surface area contributed by atoms with Gasteiger partial charge in [-0.1, -0.05) is 60.7 Å². The minimum Gasteiger partial charge on any atom is -0.480 e. The van der Waals surface area contributed by atoms with Crippen LogP contribution in [-0.4, -0.2) is 35.7 Å². The van der Waals surface area contributed by atoms with E-state index in [4.69, 9.17) is 9.84 Å². The summed E-state index contributed by atoms with van der Waals surface area (Å²) in [7, 11) is 0. The van der Waals surface area contributed by atoms with Gasteiger partial charge in [0.15, 0.2) is 0 Å². The van der Waals surface area contributed by atoms with Crippen molar-refractivity contribution in [2.24, 2.45) is 0 Å². The van der Waals surface area contributed by atoms with E-state index in [-0.39, 0.29) is 18.9 Å². The Morgan fingerprint density at radius 1 is 0.939 bits per heavy atom. The normalized spacial score (nSPS) is 12.9. The van der Waals surface area contributed by atoms with Crippen molar-refractivity contribution in [1.82, 2.24) is 5.32 Å². The number of nitrogens with one attached hydrogen (secondary N) is 2. The van der Waals surface area contributed by atoms with Crippen molar-refractivity contribution in [3.05, 3.63) is 89.5 Å². The van der Waals surface area contributed by atoms with Crippen LogP contribution >= 0.6 is 0 Å². The summed E-state index contributed by atoms with van der Waals surface area (Å²) in [5.74, 6) is -1.55. The molecule has 33 heavy (non-hydrogen) atoms. The first kappa shape index (κ1) is 22.1. The van der Waals surface area contributed by atoms with Gasteiger partial charge in [0, 0.05) is 11.6 Å². The van der Waals surface area contributed by atoms with Gasteiger partial charge in [-0.05, 0) is 46.9 Å². The van der Waals surface area contributed by atoms with Crippen molar-refractivity contribution < 1.29 is 24.2 Å². The third-order valence-electron chi connectivity index (χ3n) is 5.63.